The Morgan fingerprint density at radius 2 is 1.83 bits per heavy atom. The lowest BCUT2D eigenvalue weighted by molar-refractivity contribution is -0.149. The van der Waals surface area contributed by atoms with Crippen LogP contribution in [-0.4, -0.2) is 41.1 Å². The average molecular weight is 419 g/mol. The minimum absolute atomic E-state index is 0.121. The van der Waals surface area contributed by atoms with E-state index in [1.807, 2.05) is 30.5 Å². The third kappa shape index (κ3) is 4.77. The Morgan fingerprint density at radius 1 is 1.21 bits per heavy atom. The third-order valence-electron chi connectivity index (χ3n) is 6.16. The predicted octanol–water partition coefficient (Wildman–Crippen LogP) is 3.98. The van der Waals surface area contributed by atoms with Gasteiger partial charge in [-0.25, -0.2) is 4.79 Å². The molecule has 0 bridgehead atoms. The Labute approximate surface area is 176 Å². The molecular formula is C22H30N2O4S. The van der Waals surface area contributed by atoms with Crippen molar-refractivity contribution in [3.63, 3.8) is 0 Å². The van der Waals surface area contributed by atoms with Gasteiger partial charge in [0.1, 0.15) is 18.7 Å². The topological polar surface area (TPSA) is 75.7 Å². The highest BCUT2D eigenvalue weighted by Gasteiger charge is 2.53. The molecule has 3 rings (SSSR count). The molecule has 1 aliphatic carbocycles. The van der Waals surface area contributed by atoms with Gasteiger partial charge in [-0.1, -0.05) is 32.9 Å². The minimum Gasteiger partial charge on any atom is -0.459 e. The molecule has 1 aliphatic heterocycles. The van der Waals surface area contributed by atoms with Crippen molar-refractivity contribution < 1.29 is 19.1 Å². The quantitative estimate of drug-likeness (QED) is 0.445. The van der Waals surface area contributed by atoms with Gasteiger partial charge in [0.2, 0.25) is 0 Å². The lowest BCUT2D eigenvalue weighted by Gasteiger charge is -2.40. The van der Waals surface area contributed by atoms with E-state index < -0.39 is 17.5 Å². The molecule has 2 fully saturated rings. The van der Waals surface area contributed by atoms with Gasteiger partial charge in [0.15, 0.2) is 0 Å². The SMILES string of the molecule is CSc1ccc(COC(=O)CN2C(=O)NC3(CCC(C(C)(C)C)CC3)C2=O)cc1. The summed E-state index contributed by atoms with van der Waals surface area (Å²) in [6.07, 6.45) is 5.01. The molecule has 7 heteroatoms. The maximum atomic E-state index is 13.0. The van der Waals surface area contributed by atoms with Crippen LogP contribution in [-0.2, 0) is 20.9 Å². The van der Waals surface area contributed by atoms with Crippen molar-refractivity contribution in [3.8, 4) is 0 Å². The molecule has 158 valence electrons. The molecule has 0 unspecified atom stereocenters. The zero-order valence-corrected chi connectivity index (χ0v) is 18.4. The second-order valence-electron chi connectivity index (χ2n) is 9.05. The van der Waals surface area contributed by atoms with Crippen LogP contribution in [0.2, 0.25) is 0 Å². The fourth-order valence-electron chi connectivity index (χ4n) is 4.20. The molecular weight excluding hydrogens is 388 g/mol. The highest BCUT2D eigenvalue weighted by molar-refractivity contribution is 7.98. The lowest BCUT2D eigenvalue weighted by atomic mass is 9.67. The summed E-state index contributed by atoms with van der Waals surface area (Å²) in [5, 5.41) is 2.86. The van der Waals surface area contributed by atoms with Crippen LogP contribution in [0.5, 0.6) is 0 Å². The summed E-state index contributed by atoms with van der Waals surface area (Å²) >= 11 is 1.64. The molecule has 1 spiro atoms. The summed E-state index contributed by atoms with van der Waals surface area (Å²) in [5.41, 5.74) is 0.197. The van der Waals surface area contributed by atoms with Crippen LogP contribution in [0.1, 0.15) is 52.0 Å². The number of nitrogens with zero attached hydrogens (tertiary/aromatic N) is 1. The van der Waals surface area contributed by atoms with E-state index in [0.29, 0.717) is 18.8 Å². The maximum absolute atomic E-state index is 13.0. The monoisotopic (exact) mass is 418 g/mol. The number of urea groups is 1. The first-order valence-electron chi connectivity index (χ1n) is 10.1. The Hall–Kier alpha value is -2.02. The van der Waals surface area contributed by atoms with Crippen molar-refractivity contribution in [3.05, 3.63) is 29.8 Å². The highest BCUT2D eigenvalue weighted by Crippen LogP contribution is 2.43. The van der Waals surface area contributed by atoms with Crippen LogP contribution < -0.4 is 5.32 Å². The van der Waals surface area contributed by atoms with Crippen LogP contribution in [0.15, 0.2) is 29.2 Å². The van der Waals surface area contributed by atoms with E-state index in [0.717, 1.165) is 28.2 Å². The fourth-order valence-corrected chi connectivity index (χ4v) is 4.60. The Morgan fingerprint density at radius 3 is 2.38 bits per heavy atom. The molecule has 1 aromatic rings. The normalized spacial score (nSPS) is 24.7. The zero-order chi connectivity index (χ0) is 21.2. The van der Waals surface area contributed by atoms with Gasteiger partial charge in [0.25, 0.3) is 5.91 Å². The van der Waals surface area contributed by atoms with E-state index in [1.54, 1.807) is 11.8 Å². The molecule has 1 aromatic carbocycles. The molecule has 29 heavy (non-hydrogen) atoms. The van der Waals surface area contributed by atoms with Crippen LogP contribution in [0.4, 0.5) is 4.79 Å². The van der Waals surface area contributed by atoms with Gasteiger partial charge in [-0.3, -0.25) is 14.5 Å². The van der Waals surface area contributed by atoms with Gasteiger partial charge < -0.3 is 10.1 Å². The molecule has 3 amide bonds. The summed E-state index contributed by atoms with van der Waals surface area (Å²) in [4.78, 5) is 39.7. The van der Waals surface area contributed by atoms with Crippen LogP contribution in [0, 0.1) is 11.3 Å². The average Bonchev–Trinajstić information content (AvgIpc) is 2.90. The first kappa shape index (κ1) is 21.7. The Kier molecular flexibility index (Phi) is 6.27. The number of ether oxygens (including phenoxy) is 1. The number of carbonyl (C=O) groups is 3. The summed E-state index contributed by atoms with van der Waals surface area (Å²) in [7, 11) is 0. The van der Waals surface area contributed by atoms with Crippen molar-refractivity contribution in [1.29, 1.82) is 0 Å². The van der Waals surface area contributed by atoms with Gasteiger partial charge in [0, 0.05) is 4.90 Å². The summed E-state index contributed by atoms with van der Waals surface area (Å²) in [6.45, 7) is 6.40. The largest absolute Gasteiger partial charge is 0.459 e. The molecule has 1 saturated carbocycles. The molecule has 0 atom stereocenters. The van der Waals surface area contributed by atoms with E-state index in [2.05, 4.69) is 26.1 Å². The molecule has 1 saturated heterocycles. The molecule has 2 aliphatic rings. The summed E-state index contributed by atoms with van der Waals surface area (Å²) in [5.74, 6) is -0.353. The minimum atomic E-state index is -0.854. The number of thioether (sulfide) groups is 1. The number of amides is 3. The van der Waals surface area contributed by atoms with Crippen LogP contribution >= 0.6 is 11.8 Å². The van der Waals surface area contributed by atoms with Gasteiger partial charge in [0.05, 0.1) is 0 Å². The number of hydrogen-bond donors (Lipinski definition) is 1. The number of imide groups is 1. The second kappa shape index (κ2) is 8.38. The first-order chi connectivity index (χ1) is 13.6. The van der Waals surface area contributed by atoms with Gasteiger partial charge in [-0.15, -0.1) is 11.8 Å². The van der Waals surface area contributed by atoms with Crippen molar-refractivity contribution in [2.75, 3.05) is 12.8 Å². The predicted molar refractivity (Wildman–Crippen MR) is 112 cm³/mol. The molecule has 0 aromatic heterocycles. The van der Waals surface area contributed by atoms with Crippen LogP contribution in [0.25, 0.3) is 0 Å². The standard InChI is InChI=1S/C22H30N2O4S/c1-21(2,3)16-9-11-22(12-10-16)19(26)24(20(27)23-22)13-18(25)28-14-15-5-7-17(29-4)8-6-15/h5-8,16H,9-14H2,1-4H3,(H,23,27). The van der Waals surface area contributed by atoms with Crippen molar-refractivity contribution in [2.24, 2.45) is 11.3 Å². The Bertz CT molecular complexity index is 777. The second-order valence-corrected chi connectivity index (χ2v) is 9.93. The summed E-state index contributed by atoms with van der Waals surface area (Å²) in [6, 6.07) is 7.22. The molecule has 1 N–H and O–H groups in total. The first-order valence-corrected chi connectivity index (χ1v) is 11.3. The molecule has 0 radical (unpaired) electrons. The van der Waals surface area contributed by atoms with E-state index in [9.17, 15) is 14.4 Å². The number of nitrogens with one attached hydrogen (secondary N) is 1. The highest BCUT2D eigenvalue weighted by atomic mass is 32.2. The van der Waals surface area contributed by atoms with Gasteiger partial charge in [-0.05, 0) is 61.0 Å². The van der Waals surface area contributed by atoms with Crippen molar-refractivity contribution in [2.45, 2.75) is 63.5 Å². The van der Waals surface area contributed by atoms with Gasteiger partial charge >= 0.3 is 12.0 Å². The third-order valence-corrected chi connectivity index (χ3v) is 6.90. The number of esters is 1. The summed E-state index contributed by atoms with van der Waals surface area (Å²) < 4.78 is 5.28. The smallest absolute Gasteiger partial charge is 0.326 e. The number of hydrogen-bond acceptors (Lipinski definition) is 5. The van der Waals surface area contributed by atoms with Crippen molar-refractivity contribution >= 4 is 29.7 Å². The fraction of sp³-hybridized carbons (Fsp3) is 0.591. The lowest BCUT2D eigenvalue weighted by Crippen LogP contribution is -2.50. The number of carbonyl (C=O) groups excluding carboxylic acids is 3. The van der Waals surface area contributed by atoms with Gasteiger partial charge in [-0.2, -0.15) is 0 Å². The van der Waals surface area contributed by atoms with E-state index in [-0.39, 0.29) is 24.5 Å². The van der Waals surface area contributed by atoms with E-state index in [4.69, 9.17) is 4.74 Å². The number of rotatable bonds is 5. The van der Waals surface area contributed by atoms with E-state index in [1.165, 1.54) is 0 Å². The van der Waals surface area contributed by atoms with Crippen molar-refractivity contribution in [1.82, 2.24) is 10.2 Å². The van der Waals surface area contributed by atoms with E-state index >= 15 is 0 Å². The Balaban J connectivity index is 1.55. The number of benzene rings is 1. The molecule has 6 nitrogen and oxygen atoms in total. The zero-order valence-electron chi connectivity index (χ0n) is 17.6. The van der Waals surface area contributed by atoms with Crippen LogP contribution in [0.3, 0.4) is 0 Å². The maximum Gasteiger partial charge on any atom is 0.326 e. The molecule has 1 heterocycles.